The van der Waals surface area contributed by atoms with Crippen molar-refractivity contribution in [1.29, 1.82) is 0 Å². The molecule has 0 aromatic rings. The van der Waals surface area contributed by atoms with Crippen LogP contribution in [0.4, 0.5) is 8.78 Å². The van der Waals surface area contributed by atoms with E-state index in [4.69, 9.17) is 9.47 Å². The molecule has 3 saturated carbocycles. The predicted molar refractivity (Wildman–Crippen MR) is 98.0 cm³/mol. The summed E-state index contributed by atoms with van der Waals surface area (Å²) in [7, 11) is 0. The van der Waals surface area contributed by atoms with E-state index in [0.29, 0.717) is 6.42 Å². The topological polar surface area (TPSA) is 72.8 Å². The maximum absolute atomic E-state index is 17.0. The number of halogens is 2. The molecule has 5 rings (SSSR count). The summed E-state index contributed by atoms with van der Waals surface area (Å²) in [4.78, 5) is 24.6. The molecule has 1 aliphatic heterocycles. The molecule has 5 aliphatic rings. The molecule has 1 spiro atoms. The fraction of sp³-hybridized carbons (Fsp3) is 0.727. The van der Waals surface area contributed by atoms with Crippen molar-refractivity contribution in [1.82, 2.24) is 0 Å². The second kappa shape index (κ2) is 5.55. The number of cyclic esters (lactones) is 1. The molecule has 9 atom stereocenters. The molecule has 2 unspecified atom stereocenters. The number of esters is 1. The fourth-order valence-corrected chi connectivity index (χ4v) is 7.61. The van der Waals surface area contributed by atoms with Crippen LogP contribution in [0.5, 0.6) is 0 Å². The first-order valence-electron chi connectivity index (χ1n) is 10.3. The van der Waals surface area contributed by atoms with Crippen molar-refractivity contribution in [2.75, 3.05) is 6.79 Å². The number of ketones is 1. The second-order valence-electron chi connectivity index (χ2n) is 9.93. The lowest BCUT2D eigenvalue weighted by Crippen LogP contribution is -2.70. The third-order valence-corrected chi connectivity index (χ3v) is 8.95. The first-order valence-corrected chi connectivity index (χ1v) is 10.3. The number of hydrogen-bond acceptors (Lipinski definition) is 5. The van der Waals surface area contributed by atoms with Gasteiger partial charge in [0, 0.05) is 16.7 Å². The van der Waals surface area contributed by atoms with Gasteiger partial charge in [-0.1, -0.05) is 19.9 Å². The van der Waals surface area contributed by atoms with E-state index in [1.165, 1.54) is 18.2 Å². The minimum Gasteiger partial charge on any atom is -0.436 e. The molecule has 1 saturated heterocycles. The number of carbonyl (C=O) groups is 2. The van der Waals surface area contributed by atoms with Crippen molar-refractivity contribution < 1.29 is 33.0 Å². The maximum atomic E-state index is 17.0. The van der Waals surface area contributed by atoms with E-state index in [-0.39, 0.29) is 42.8 Å². The largest absolute Gasteiger partial charge is 0.436 e. The zero-order chi connectivity index (χ0) is 21.0. The number of aliphatic hydroxyl groups excluding tert-OH is 1. The van der Waals surface area contributed by atoms with Gasteiger partial charge in [0.25, 0.3) is 0 Å². The van der Waals surface area contributed by atoms with Gasteiger partial charge in [0.2, 0.25) is 0 Å². The van der Waals surface area contributed by atoms with Crippen molar-refractivity contribution in [3.8, 4) is 0 Å². The van der Waals surface area contributed by atoms with Crippen LogP contribution in [0.3, 0.4) is 0 Å². The lowest BCUT2D eigenvalue weighted by atomic mass is 9.44. The van der Waals surface area contributed by atoms with Crippen LogP contribution >= 0.6 is 0 Å². The summed E-state index contributed by atoms with van der Waals surface area (Å²) in [6, 6.07) is 0. The van der Waals surface area contributed by atoms with E-state index in [1.807, 2.05) is 13.8 Å². The molecule has 1 heterocycles. The minimum atomic E-state index is -2.14. The molecule has 0 aromatic carbocycles. The van der Waals surface area contributed by atoms with Gasteiger partial charge in [-0.3, -0.25) is 4.79 Å². The third kappa shape index (κ3) is 1.92. The molecule has 0 radical (unpaired) electrons. The highest BCUT2D eigenvalue weighted by Crippen LogP contribution is 2.72. The summed E-state index contributed by atoms with van der Waals surface area (Å²) < 4.78 is 43.3. The van der Waals surface area contributed by atoms with E-state index in [1.54, 1.807) is 6.92 Å². The Morgan fingerprint density at radius 1 is 1.21 bits per heavy atom. The van der Waals surface area contributed by atoms with E-state index in [0.717, 1.165) is 0 Å². The molecule has 4 aliphatic carbocycles. The number of allylic oxidation sites excluding steroid dienone is 4. The number of alkyl halides is 2. The average molecular weight is 408 g/mol. The molecule has 1 N–H and O–H groups in total. The Balaban J connectivity index is 1.66. The summed E-state index contributed by atoms with van der Waals surface area (Å²) in [6.07, 6.45) is 1.30. The van der Waals surface area contributed by atoms with E-state index >= 15 is 8.78 Å². The van der Waals surface area contributed by atoms with Crippen LogP contribution < -0.4 is 0 Å². The smallest absolute Gasteiger partial charge is 0.341 e. The SMILES string of the molecule is C[C@@H]1CC2C3C[C@H](F)C4=CC(=O)C=C[C@]4(C)[C@@]3(F)[C@@H](O)C[C@]2(C)[C@]12OCOC2=O. The molecular weight excluding hydrogens is 382 g/mol. The Morgan fingerprint density at radius 3 is 2.59 bits per heavy atom. The molecule has 0 amide bonds. The number of rotatable bonds is 0. The zero-order valence-corrected chi connectivity index (χ0v) is 16.8. The van der Waals surface area contributed by atoms with Gasteiger partial charge >= 0.3 is 5.97 Å². The van der Waals surface area contributed by atoms with Gasteiger partial charge in [-0.05, 0) is 55.7 Å². The lowest BCUT2D eigenvalue weighted by Gasteiger charge is -2.62. The standard InChI is InChI=1S/C22H26F2O5/c1-11-6-13-14-8-16(23)15-7-12(25)4-5-19(15,2)21(14,24)17(26)9-20(13,3)22(11)18(27)28-10-29-22/h4-5,7,11,13-14,16-17,26H,6,8-10H2,1-3H3/t11-,13?,14?,16+,17+,19+,20+,21+,22+/m1/s1. The lowest BCUT2D eigenvalue weighted by molar-refractivity contribution is -0.224. The quantitative estimate of drug-likeness (QED) is 0.624. The van der Waals surface area contributed by atoms with Crippen LogP contribution in [0, 0.1) is 28.6 Å². The van der Waals surface area contributed by atoms with E-state index in [9.17, 15) is 14.7 Å². The normalized spacial score (nSPS) is 55.9. The van der Waals surface area contributed by atoms with Crippen LogP contribution in [-0.2, 0) is 19.1 Å². The summed E-state index contributed by atoms with van der Waals surface area (Å²) >= 11 is 0. The number of aliphatic hydroxyl groups is 1. The van der Waals surface area contributed by atoms with Crippen LogP contribution in [0.1, 0.15) is 40.0 Å². The van der Waals surface area contributed by atoms with Gasteiger partial charge in [-0.25, -0.2) is 13.6 Å². The van der Waals surface area contributed by atoms with Crippen molar-refractivity contribution in [2.24, 2.45) is 28.6 Å². The van der Waals surface area contributed by atoms with Crippen molar-refractivity contribution >= 4 is 11.8 Å². The molecule has 0 bridgehead atoms. The Kier molecular flexibility index (Phi) is 3.71. The van der Waals surface area contributed by atoms with Gasteiger partial charge in [0.15, 0.2) is 23.8 Å². The number of hydrogen-bond donors (Lipinski definition) is 1. The molecule has 4 fully saturated rings. The summed E-state index contributed by atoms with van der Waals surface area (Å²) in [5.74, 6) is -2.26. The zero-order valence-electron chi connectivity index (χ0n) is 16.8. The summed E-state index contributed by atoms with van der Waals surface area (Å²) in [5.41, 5.74) is -5.58. The highest BCUT2D eigenvalue weighted by Gasteiger charge is 2.78. The van der Waals surface area contributed by atoms with Crippen molar-refractivity contribution in [2.45, 2.75) is 63.6 Å². The highest BCUT2D eigenvalue weighted by atomic mass is 19.1. The van der Waals surface area contributed by atoms with Crippen LogP contribution in [-0.4, -0.2) is 47.2 Å². The second-order valence-corrected chi connectivity index (χ2v) is 9.93. The molecule has 7 heteroatoms. The van der Waals surface area contributed by atoms with Gasteiger partial charge in [-0.2, -0.15) is 0 Å². The highest BCUT2D eigenvalue weighted by molar-refractivity contribution is 6.01. The average Bonchev–Trinajstić information content (AvgIpc) is 3.15. The Labute approximate surface area is 168 Å². The fourth-order valence-electron chi connectivity index (χ4n) is 7.61. The maximum Gasteiger partial charge on any atom is 0.341 e. The van der Waals surface area contributed by atoms with Crippen molar-refractivity contribution in [3.63, 3.8) is 0 Å². The number of fused-ring (bicyclic) bond motifs is 6. The molecule has 0 aromatic heterocycles. The van der Waals surface area contributed by atoms with Crippen LogP contribution in [0.2, 0.25) is 0 Å². The Hall–Kier alpha value is -1.60. The molecule has 5 nitrogen and oxygen atoms in total. The summed E-state index contributed by atoms with van der Waals surface area (Å²) in [5, 5.41) is 11.2. The minimum absolute atomic E-state index is 0.00567. The van der Waals surface area contributed by atoms with E-state index in [2.05, 4.69) is 0 Å². The monoisotopic (exact) mass is 408 g/mol. The van der Waals surface area contributed by atoms with Crippen LogP contribution in [0.15, 0.2) is 23.8 Å². The molecular formula is C22H26F2O5. The van der Waals surface area contributed by atoms with Gasteiger partial charge < -0.3 is 14.6 Å². The predicted octanol–water partition coefficient (Wildman–Crippen LogP) is 2.82. The number of ether oxygens (including phenoxy) is 2. The van der Waals surface area contributed by atoms with Crippen LogP contribution in [0.25, 0.3) is 0 Å². The Morgan fingerprint density at radius 2 is 1.93 bits per heavy atom. The van der Waals surface area contributed by atoms with Gasteiger partial charge in [-0.15, -0.1) is 0 Å². The third-order valence-electron chi connectivity index (χ3n) is 8.95. The van der Waals surface area contributed by atoms with E-state index < -0.39 is 46.3 Å². The van der Waals surface area contributed by atoms with Crippen molar-refractivity contribution in [3.05, 3.63) is 23.8 Å². The first kappa shape index (κ1) is 19.4. The first-order chi connectivity index (χ1) is 13.5. The van der Waals surface area contributed by atoms with Gasteiger partial charge in [0.1, 0.15) is 6.17 Å². The molecule has 29 heavy (non-hydrogen) atoms. The van der Waals surface area contributed by atoms with Gasteiger partial charge in [0.05, 0.1) is 6.10 Å². The summed E-state index contributed by atoms with van der Waals surface area (Å²) in [6.45, 7) is 5.14. The molecule has 158 valence electrons. The number of carbonyl (C=O) groups excluding carboxylic acids is 2. The Bertz CT molecular complexity index is 869.